The molecule has 1 aromatic rings. The van der Waals surface area contributed by atoms with E-state index in [9.17, 15) is 4.79 Å². The minimum Gasteiger partial charge on any atom is -0.375 e. The van der Waals surface area contributed by atoms with E-state index in [0.29, 0.717) is 18.4 Å². The molecule has 2 heterocycles. The highest BCUT2D eigenvalue weighted by atomic mass is 16.5. The maximum atomic E-state index is 12.2. The molecular weight excluding hydrogens is 290 g/mol. The Morgan fingerprint density at radius 1 is 1.43 bits per heavy atom. The van der Waals surface area contributed by atoms with Gasteiger partial charge in [0.25, 0.3) is 0 Å². The van der Waals surface area contributed by atoms with Gasteiger partial charge in [-0.15, -0.1) is 0 Å². The topological polar surface area (TPSA) is 45.7 Å². The fourth-order valence-electron chi connectivity index (χ4n) is 3.01. The first-order valence-corrected chi connectivity index (χ1v) is 8.63. The van der Waals surface area contributed by atoms with Crippen LogP contribution in [0.4, 0.5) is 5.82 Å². The molecule has 1 aromatic heterocycles. The molecule has 0 unspecified atom stereocenters. The van der Waals surface area contributed by atoms with Gasteiger partial charge in [0.05, 0.1) is 12.7 Å². The van der Waals surface area contributed by atoms with Crippen molar-refractivity contribution in [2.75, 3.05) is 38.7 Å². The molecule has 126 valence electrons. The highest BCUT2D eigenvalue weighted by molar-refractivity contribution is 5.76. The average Bonchev–Trinajstić information content (AvgIpc) is 3.37. The Labute approximate surface area is 138 Å². The normalized spacial score (nSPS) is 21.3. The molecule has 2 aliphatic rings. The van der Waals surface area contributed by atoms with E-state index in [0.717, 1.165) is 38.2 Å². The summed E-state index contributed by atoms with van der Waals surface area (Å²) in [6, 6.07) is 4.19. The summed E-state index contributed by atoms with van der Waals surface area (Å²) < 4.78 is 5.86. The van der Waals surface area contributed by atoms with Gasteiger partial charge >= 0.3 is 0 Å². The lowest BCUT2D eigenvalue weighted by Crippen LogP contribution is -2.45. The standard InChI is InChI=1S/C18H27N3O2/c1-20(2)17-11-15(7-8-19-17)5-6-16-13-21(9-10-23-16)18(22)12-14-3-4-14/h7-8,11,14,16H,3-6,9-10,12-13H2,1-2H3/t16-/m0/s1. The third-order valence-electron chi connectivity index (χ3n) is 4.67. The van der Waals surface area contributed by atoms with Gasteiger partial charge in [0.15, 0.2) is 0 Å². The second-order valence-electron chi connectivity index (χ2n) is 6.94. The summed E-state index contributed by atoms with van der Waals surface area (Å²) in [7, 11) is 4.00. The van der Waals surface area contributed by atoms with Crippen LogP contribution in [0.25, 0.3) is 0 Å². The molecule has 1 amide bonds. The number of carbonyl (C=O) groups excluding carboxylic acids is 1. The van der Waals surface area contributed by atoms with Crippen molar-refractivity contribution in [1.82, 2.24) is 9.88 Å². The van der Waals surface area contributed by atoms with Crippen LogP contribution in [0, 0.1) is 5.92 Å². The average molecular weight is 317 g/mol. The molecule has 3 rings (SSSR count). The van der Waals surface area contributed by atoms with E-state index >= 15 is 0 Å². The molecule has 0 aromatic carbocycles. The predicted octanol–water partition coefficient (Wildman–Crippen LogP) is 2.11. The summed E-state index contributed by atoms with van der Waals surface area (Å²) in [5.74, 6) is 1.96. The number of carbonyl (C=O) groups is 1. The fourth-order valence-corrected chi connectivity index (χ4v) is 3.01. The van der Waals surface area contributed by atoms with Crippen molar-refractivity contribution in [3.8, 4) is 0 Å². The molecule has 1 aliphatic carbocycles. The third kappa shape index (κ3) is 4.67. The number of hydrogen-bond acceptors (Lipinski definition) is 4. The molecular formula is C18H27N3O2. The lowest BCUT2D eigenvalue weighted by atomic mass is 10.1. The lowest BCUT2D eigenvalue weighted by Gasteiger charge is -2.33. The zero-order valence-corrected chi connectivity index (χ0v) is 14.2. The van der Waals surface area contributed by atoms with Gasteiger partial charge in [-0.25, -0.2) is 4.98 Å². The SMILES string of the molecule is CN(C)c1cc(CC[C@H]2CN(C(=O)CC3CC3)CCO2)ccn1. The van der Waals surface area contributed by atoms with Crippen molar-refractivity contribution in [2.45, 2.75) is 38.2 Å². The Kier molecular flexibility index (Phi) is 5.16. The Morgan fingerprint density at radius 3 is 3.00 bits per heavy atom. The number of rotatable bonds is 6. The monoisotopic (exact) mass is 317 g/mol. The van der Waals surface area contributed by atoms with Crippen molar-refractivity contribution in [3.05, 3.63) is 23.9 Å². The second-order valence-corrected chi connectivity index (χ2v) is 6.94. The van der Waals surface area contributed by atoms with Crippen LogP contribution in [0.2, 0.25) is 0 Å². The molecule has 0 spiro atoms. The Morgan fingerprint density at radius 2 is 2.26 bits per heavy atom. The lowest BCUT2D eigenvalue weighted by molar-refractivity contribution is -0.139. The van der Waals surface area contributed by atoms with Gasteiger partial charge < -0.3 is 14.5 Å². The van der Waals surface area contributed by atoms with Crippen LogP contribution < -0.4 is 4.90 Å². The molecule has 1 atom stereocenters. The number of amides is 1. The fraction of sp³-hybridized carbons (Fsp3) is 0.667. The van der Waals surface area contributed by atoms with Gasteiger partial charge in [0.1, 0.15) is 5.82 Å². The smallest absolute Gasteiger partial charge is 0.223 e. The number of nitrogens with zero attached hydrogens (tertiary/aromatic N) is 3. The molecule has 23 heavy (non-hydrogen) atoms. The Hall–Kier alpha value is -1.62. The summed E-state index contributed by atoms with van der Waals surface area (Å²) >= 11 is 0. The van der Waals surface area contributed by atoms with Gasteiger partial charge in [-0.1, -0.05) is 0 Å². The Bertz CT molecular complexity index is 543. The Balaban J connectivity index is 1.49. The van der Waals surface area contributed by atoms with Crippen LogP contribution in [-0.4, -0.2) is 55.7 Å². The van der Waals surface area contributed by atoms with Crippen molar-refractivity contribution in [2.24, 2.45) is 5.92 Å². The zero-order valence-electron chi connectivity index (χ0n) is 14.2. The summed E-state index contributed by atoms with van der Waals surface area (Å²) in [5, 5.41) is 0. The van der Waals surface area contributed by atoms with Crippen LogP contribution in [0.15, 0.2) is 18.3 Å². The van der Waals surface area contributed by atoms with E-state index in [1.807, 2.05) is 30.1 Å². The maximum absolute atomic E-state index is 12.2. The number of hydrogen-bond donors (Lipinski definition) is 0. The summed E-state index contributed by atoms with van der Waals surface area (Å²) in [6.07, 6.45) is 7.12. The first-order valence-electron chi connectivity index (χ1n) is 8.63. The van der Waals surface area contributed by atoms with E-state index in [4.69, 9.17) is 4.74 Å². The van der Waals surface area contributed by atoms with E-state index in [-0.39, 0.29) is 6.10 Å². The first-order chi connectivity index (χ1) is 11.1. The molecule has 0 N–H and O–H groups in total. The van der Waals surface area contributed by atoms with Crippen molar-refractivity contribution >= 4 is 11.7 Å². The number of aromatic nitrogens is 1. The van der Waals surface area contributed by atoms with Crippen LogP contribution in [0.3, 0.4) is 0 Å². The van der Waals surface area contributed by atoms with Crippen molar-refractivity contribution < 1.29 is 9.53 Å². The molecule has 0 radical (unpaired) electrons. The highest BCUT2D eigenvalue weighted by Gasteiger charge is 2.29. The minimum absolute atomic E-state index is 0.155. The minimum atomic E-state index is 0.155. The molecule has 1 aliphatic heterocycles. The van der Waals surface area contributed by atoms with E-state index in [1.165, 1.54) is 18.4 Å². The second kappa shape index (κ2) is 7.30. The largest absolute Gasteiger partial charge is 0.375 e. The van der Waals surface area contributed by atoms with Crippen molar-refractivity contribution in [3.63, 3.8) is 0 Å². The number of anilines is 1. The van der Waals surface area contributed by atoms with Gasteiger partial charge in [-0.2, -0.15) is 0 Å². The van der Waals surface area contributed by atoms with E-state index in [2.05, 4.69) is 17.1 Å². The molecule has 1 saturated carbocycles. The van der Waals surface area contributed by atoms with Crippen LogP contribution in [-0.2, 0) is 16.0 Å². The first kappa shape index (κ1) is 16.2. The van der Waals surface area contributed by atoms with Gasteiger partial charge in [-0.05, 0) is 49.3 Å². The molecule has 0 bridgehead atoms. The molecule has 5 heteroatoms. The number of pyridine rings is 1. The molecule has 1 saturated heterocycles. The number of ether oxygens (including phenoxy) is 1. The summed E-state index contributed by atoms with van der Waals surface area (Å²) in [5.41, 5.74) is 1.27. The summed E-state index contributed by atoms with van der Waals surface area (Å²) in [4.78, 5) is 20.6. The van der Waals surface area contributed by atoms with Crippen LogP contribution in [0.1, 0.15) is 31.2 Å². The van der Waals surface area contributed by atoms with Gasteiger partial charge in [-0.3, -0.25) is 4.79 Å². The molecule has 5 nitrogen and oxygen atoms in total. The van der Waals surface area contributed by atoms with E-state index < -0.39 is 0 Å². The van der Waals surface area contributed by atoms with Crippen molar-refractivity contribution in [1.29, 1.82) is 0 Å². The number of aryl methyl sites for hydroxylation is 1. The van der Waals surface area contributed by atoms with E-state index in [1.54, 1.807) is 0 Å². The highest BCUT2D eigenvalue weighted by Crippen LogP contribution is 2.33. The predicted molar refractivity (Wildman–Crippen MR) is 90.5 cm³/mol. The zero-order chi connectivity index (χ0) is 16.2. The van der Waals surface area contributed by atoms with Gasteiger partial charge in [0, 0.05) is 39.8 Å². The quantitative estimate of drug-likeness (QED) is 0.806. The van der Waals surface area contributed by atoms with Gasteiger partial charge in [0.2, 0.25) is 5.91 Å². The van der Waals surface area contributed by atoms with Crippen LogP contribution in [0.5, 0.6) is 0 Å². The third-order valence-corrected chi connectivity index (χ3v) is 4.67. The van der Waals surface area contributed by atoms with Crippen LogP contribution >= 0.6 is 0 Å². The number of morpholine rings is 1. The summed E-state index contributed by atoms with van der Waals surface area (Å²) in [6.45, 7) is 2.17. The molecule has 2 fully saturated rings. The maximum Gasteiger partial charge on any atom is 0.223 e.